The molecule has 2 aromatic carbocycles. The third-order valence-corrected chi connectivity index (χ3v) is 6.59. The number of hydrogen-bond acceptors (Lipinski definition) is 4. The summed E-state index contributed by atoms with van der Waals surface area (Å²) < 4.78 is 33.9. The highest BCUT2D eigenvalue weighted by molar-refractivity contribution is 7.89. The summed E-state index contributed by atoms with van der Waals surface area (Å²) in [6.07, 6.45) is 1.60. The molecule has 0 bridgehead atoms. The smallest absolute Gasteiger partial charge is 0.254 e. The van der Waals surface area contributed by atoms with Crippen molar-refractivity contribution in [1.82, 2.24) is 9.62 Å². The molecule has 6 nitrogen and oxygen atoms in total. The molecule has 1 fully saturated rings. The topological polar surface area (TPSA) is 75.7 Å². The van der Waals surface area contributed by atoms with Crippen LogP contribution in [0.1, 0.15) is 33.9 Å². The van der Waals surface area contributed by atoms with Crippen molar-refractivity contribution >= 4 is 15.9 Å². The number of nitrogens with one attached hydrogen (secondary N) is 1. The molecule has 0 saturated carbocycles. The SMILES string of the molecule is O=C(c1cccc(S(=O)(=O)N[C@@H]2CCc3ccccc32)c1)N1CCOCC1. The fourth-order valence-electron chi connectivity index (χ4n) is 3.68. The molecule has 0 unspecified atom stereocenters. The molecular weight excluding hydrogens is 364 g/mol. The number of benzene rings is 2. The van der Waals surface area contributed by atoms with Crippen LogP contribution in [0, 0.1) is 0 Å². The van der Waals surface area contributed by atoms with Gasteiger partial charge < -0.3 is 9.64 Å². The Balaban J connectivity index is 1.55. The van der Waals surface area contributed by atoms with Crippen molar-refractivity contribution in [1.29, 1.82) is 0 Å². The van der Waals surface area contributed by atoms with E-state index in [4.69, 9.17) is 4.74 Å². The average molecular weight is 386 g/mol. The zero-order valence-corrected chi connectivity index (χ0v) is 15.7. The van der Waals surface area contributed by atoms with Gasteiger partial charge in [-0.3, -0.25) is 4.79 Å². The van der Waals surface area contributed by atoms with Crippen LogP contribution in [0.25, 0.3) is 0 Å². The van der Waals surface area contributed by atoms with Crippen molar-refractivity contribution < 1.29 is 17.9 Å². The van der Waals surface area contributed by atoms with Crippen LogP contribution in [0.3, 0.4) is 0 Å². The van der Waals surface area contributed by atoms with Gasteiger partial charge in [-0.15, -0.1) is 0 Å². The molecule has 4 rings (SSSR count). The predicted octanol–water partition coefficient (Wildman–Crippen LogP) is 2.12. The molecule has 1 heterocycles. The number of nitrogens with zero attached hydrogens (tertiary/aromatic N) is 1. The van der Waals surface area contributed by atoms with E-state index < -0.39 is 10.0 Å². The number of hydrogen-bond donors (Lipinski definition) is 1. The van der Waals surface area contributed by atoms with Gasteiger partial charge >= 0.3 is 0 Å². The van der Waals surface area contributed by atoms with E-state index in [0.29, 0.717) is 31.9 Å². The lowest BCUT2D eigenvalue weighted by Crippen LogP contribution is -2.40. The first kappa shape index (κ1) is 18.2. The highest BCUT2D eigenvalue weighted by Gasteiger charge is 2.28. The van der Waals surface area contributed by atoms with E-state index in [1.54, 1.807) is 17.0 Å². The second-order valence-electron chi connectivity index (χ2n) is 6.84. The number of aryl methyl sites for hydroxylation is 1. The summed E-state index contributed by atoms with van der Waals surface area (Å²) >= 11 is 0. The summed E-state index contributed by atoms with van der Waals surface area (Å²) in [5.74, 6) is -0.165. The van der Waals surface area contributed by atoms with E-state index in [1.807, 2.05) is 24.3 Å². The van der Waals surface area contributed by atoms with Crippen LogP contribution in [-0.2, 0) is 21.2 Å². The number of morpholine rings is 1. The van der Waals surface area contributed by atoms with Crippen molar-refractivity contribution in [2.24, 2.45) is 0 Å². The molecule has 0 aromatic heterocycles. The van der Waals surface area contributed by atoms with Crippen LogP contribution in [0.2, 0.25) is 0 Å². The van der Waals surface area contributed by atoms with Crippen molar-refractivity contribution in [3.63, 3.8) is 0 Å². The molecule has 7 heteroatoms. The molecule has 0 radical (unpaired) electrons. The van der Waals surface area contributed by atoms with Gasteiger partial charge in [-0.25, -0.2) is 13.1 Å². The zero-order valence-electron chi connectivity index (χ0n) is 14.9. The largest absolute Gasteiger partial charge is 0.378 e. The molecular formula is C20H22N2O4S. The summed E-state index contributed by atoms with van der Waals surface area (Å²) in [5.41, 5.74) is 2.59. The Labute approximate surface area is 159 Å². The van der Waals surface area contributed by atoms with E-state index in [0.717, 1.165) is 18.4 Å². The molecule has 1 aliphatic heterocycles. The third kappa shape index (κ3) is 3.76. The molecule has 1 aliphatic carbocycles. The Morgan fingerprint density at radius 2 is 1.85 bits per heavy atom. The number of rotatable bonds is 4. The van der Waals surface area contributed by atoms with Crippen molar-refractivity contribution in [2.75, 3.05) is 26.3 Å². The van der Waals surface area contributed by atoms with Gasteiger partial charge in [-0.2, -0.15) is 0 Å². The van der Waals surface area contributed by atoms with E-state index in [2.05, 4.69) is 4.72 Å². The van der Waals surface area contributed by atoms with Gasteiger partial charge in [0.05, 0.1) is 18.1 Å². The molecule has 1 N–H and O–H groups in total. The highest BCUT2D eigenvalue weighted by Crippen LogP contribution is 2.32. The molecule has 1 atom stereocenters. The van der Waals surface area contributed by atoms with Gasteiger partial charge in [0.15, 0.2) is 0 Å². The van der Waals surface area contributed by atoms with Crippen LogP contribution in [0.4, 0.5) is 0 Å². The quantitative estimate of drug-likeness (QED) is 0.873. The molecule has 2 aromatic rings. The Hall–Kier alpha value is -2.22. The predicted molar refractivity (Wildman–Crippen MR) is 101 cm³/mol. The van der Waals surface area contributed by atoms with Crippen LogP contribution in [0.15, 0.2) is 53.4 Å². The van der Waals surface area contributed by atoms with Gasteiger partial charge in [0.25, 0.3) is 5.91 Å². The minimum Gasteiger partial charge on any atom is -0.378 e. The Morgan fingerprint density at radius 1 is 1.07 bits per heavy atom. The summed E-state index contributed by atoms with van der Waals surface area (Å²) in [6.45, 7) is 2.05. The number of carbonyl (C=O) groups excluding carboxylic acids is 1. The summed E-state index contributed by atoms with van der Waals surface area (Å²) in [7, 11) is -3.72. The normalized spacial score (nSPS) is 19.7. The summed E-state index contributed by atoms with van der Waals surface area (Å²) in [4.78, 5) is 14.4. The van der Waals surface area contributed by atoms with Gasteiger partial charge in [0.1, 0.15) is 0 Å². The van der Waals surface area contributed by atoms with E-state index in [1.165, 1.54) is 17.7 Å². The lowest BCUT2D eigenvalue weighted by molar-refractivity contribution is 0.0302. The van der Waals surface area contributed by atoms with Gasteiger partial charge in [0, 0.05) is 24.7 Å². The number of ether oxygens (including phenoxy) is 1. The molecule has 1 saturated heterocycles. The van der Waals surface area contributed by atoms with Crippen LogP contribution in [0.5, 0.6) is 0 Å². The van der Waals surface area contributed by atoms with Gasteiger partial charge in [-0.1, -0.05) is 30.3 Å². The number of amides is 1. The van der Waals surface area contributed by atoms with Crippen molar-refractivity contribution in [2.45, 2.75) is 23.8 Å². The fraction of sp³-hybridized carbons (Fsp3) is 0.350. The van der Waals surface area contributed by atoms with Crippen molar-refractivity contribution in [3.05, 3.63) is 65.2 Å². The number of carbonyl (C=O) groups is 1. The maximum Gasteiger partial charge on any atom is 0.254 e. The summed E-state index contributed by atoms with van der Waals surface area (Å²) in [6, 6.07) is 13.9. The first-order valence-electron chi connectivity index (χ1n) is 9.12. The van der Waals surface area contributed by atoms with Crippen molar-refractivity contribution in [3.8, 4) is 0 Å². The lowest BCUT2D eigenvalue weighted by atomic mass is 10.1. The molecule has 1 amide bonds. The minimum absolute atomic E-state index is 0.117. The Kier molecular flexibility index (Phi) is 4.99. The Morgan fingerprint density at radius 3 is 2.67 bits per heavy atom. The highest BCUT2D eigenvalue weighted by atomic mass is 32.2. The lowest BCUT2D eigenvalue weighted by Gasteiger charge is -2.27. The summed E-state index contributed by atoms with van der Waals surface area (Å²) in [5, 5.41) is 0. The van der Waals surface area contributed by atoms with E-state index in [9.17, 15) is 13.2 Å². The first-order chi connectivity index (χ1) is 13.0. The molecule has 27 heavy (non-hydrogen) atoms. The minimum atomic E-state index is -3.72. The third-order valence-electron chi connectivity index (χ3n) is 5.12. The molecule has 142 valence electrons. The maximum absolute atomic E-state index is 12.9. The van der Waals surface area contributed by atoms with E-state index in [-0.39, 0.29) is 16.8 Å². The molecule has 2 aliphatic rings. The Bertz CT molecular complexity index is 952. The van der Waals surface area contributed by atoms with Crippen LogP contribution >= 0.6 is 0 Å². The van der Waals surface area contributed by atoms with E-state index >= 15 is 0 Å². The standard InChI is InChI=1S/C20H22N2O4S/c23-20(22-10-12-26-13-11-22)16-5-3-6-17(14-16)27(24,25)21-19-9-8-15-4-1-2-7-18(15)19/h1-7,14,19,21H,8-13H2/t19-/m1/s1. The van der Waals surface area contributed by atoms with Crippen LogP contribution < -0.4 is 4.72 Å². The van der Waals surface area contributed by atoms with Gasteiger partial charge in [0.2, 0.25) is 10.0 Å². The van der Waals surface area contributed by atoms with Gasteiger partial charge in [-0.05, 0) is 42.2 Å². The fourth-order valence-corrected chi connectivity index (χ4v) is 4.98. The second-order valence-corrected chi connectivity index (χ2v) is 8.56. The number of fused-ring (bicyclic) bond motifs is 1. The maximum atomic E-state index is 12.9. The second kappa shape index (κ2) is 7.42. The zero-order chi connectivity index (χ0) is 18.9. The number of sulfonamides is 1. The average Bonchev–Trinajstić information content (AvgIpc) is 3.10. The van der Waals surface area contributed by atoms with Crippen LogP contribution in [-0.4, -0.2) is 45.5 Å². The first-order valence-corrected chi connectivity index (χ1v) is 10.6. The monoisotopic (exact) mass is 386 g/mol. The molecule has 0 spiro atoms.